The standard InChI is InChI=1S/C29H27N3.2C2H6/c1-30(18-20-10-8-16-26-28(20)22-12-4-6-14-24(22)31(26)2)19-21-11-9-17-27-29(21)23-13-5-7-15-25(23)32(27)3;2*1-2/h4-17H,18-19H2,1-3H3;2*1-2H3. The van der Waals surface area contributed by atoms with Crippen LogP contribution in [-0.2, 0) is 27.2 Å². The third-order valence-corrected chi connectivity index (χ3v) is 6.93. The van der Waals surface area contributed by atoms with Crippen LogP contribution in [0.2, 0.25) is 0 Å². The Hall–Kier alpha value is -3.56. The smallest absolute Gasteiger partial charge is 0.0492 e. The van der Waals surface area contributed by atoms with Crippen molar-refractivity contribution in [2.45, 2.75) is 40.8 Å². The number of hydrogen-bond donors (Lipinski definition) is 0. The Morgan fingerprint density at radius 1 is 0.500 bits per heavy atom. The van der Waals surface area contributed by atoms with Gasteiger partial charge in [-0.3, -0.25) is 4.90 Å². The topological polar surface area (TPSA) is 13.1 Å². The van der Waals surface area contributed by atoms with E-state index in [1.54, 1.807) is 0 Å². The zero-order valence-corrected chi connectivity index (χ0v) is 22.8. The van der Waals surface area contributed by atoms with Crippen LogP contribution < -0.4 is 0 Å². The molecular formula is C33H39N3. The van der Waals surface area contributed by atoms with Gasteiger partial charge in [0.25, 0.3) is 0 Å². The summed E-state index contributed by atoms with van der Waals surface area (Å²) in [4.78, 5) is 2.44. The second-order valence-electron chi connectivity index (χ2n) is 8.95. The quantitative estimate of drug-likeness (QED) is 0.247. The molecule has 0 amide bonds. The van der Waals surface area contributed by atoms with Gasteiger partial charge in [0.1, 0.15) is 0 Å². The molecule has 0 spiro atoms. The number of rotatable bonds is 4. The zero-order chi connectivity index (χ0) is 25.8. The van der Waals surface area contributed by atoms with Gasteiger partial charge in [-0.25, -0.2) is 0 Å². The van der Waals surface area contributed by atoms with Crippen LogP contribution in [0.3, 0.4) is 0 Å². The number of hydrogen-bond acceptors (Lipinski definition) is 1. The molecule has 3 nitrogen and oxygen atoms in total. The van der Waals surface area contributed by atoms with Gasteiger partial charge in [0.2, 0.25) is 0 Å². The molecule has 0 bridgehead atoms. The van der Waals surface area contributed by atoms with E-state index in [0.717, 1.165) is 13.1 Å². The maximum absolute atomic E-state index is 2.44. The van der Waals surface area contributed by atoms with Gasteiger partial charge < -0.3 is 9.13 Å². The predicted molar refractivity (Wildman–Crippen MR) is 159 cm³/mol. The molecule has 2 aromatic heterocycles. The van der Waals surface area contributed by atoms with Gasteiger partial charge in [0, 0.05) is 70.8 Å². The van der Waals surface area contributed by atoms with Crippen LogP contribution in [0.1, 0.15) is 38.8 Å². The van der Waals surface area contributed by atoms with Crippen LogP contribution in [0.4, 0.5) is 0 Å². The number of benzene rings is 4. The summed E-state index contributed by atoms with van der Waals surface area (Å²) in [5.74, 6) is 0. The molecule has 0 fully saturated rings. The lowest BCUT2D eigenvalue weighted by atomic mass is 10.0. The number of aryl methyl sites for hydroxylation is 2. The largest absolute Gasteiger partial charge is 0.344 e. The van der Waals surface area contributed by atoms with Crippen LogP contribution in [0.5, 0.6) is 0 Å². The SMILES string of the molecule is CC.CC.CN(Cc1cccc2c1c1ccccc1n2C)Cc1cccc2c1c1ccccc1n2C. The van der Waals surface area contributed by atoms with Crippen LogP contribution in [0.25, 0.3) is 43.6 Å². The van der Waals surface area contributed by atoms with Crippen molar-refractivity contribution in [3.8, 4) is 0 Å². The molecule has 2 heterocycles. The first-order chi connectivity index (χ1) is 17.6. The molecule has 0 atom stereocenters. The summed E-state index contributed by atoms with van der Waals surface area (Å²) >= 11 is 0. The summed E-state index contributed by atoms with van der Waals surface area (Å²) in [6.07, 6.45) is 0. The van der Waals surface area contributed by atoms with E-state index in [1.165, 1.54) is 54.7 Å². The fourth-order valence-electron chi connectivity index (χ4n) is 5.47. The molecule has 0 aliphatic rings. The van der Waals surface area contributed by atoms with Crippen molar-refractivity contribution < 1.29 is 0 Å². The highest BCUT2D eigenvalue weighted by molar-refractivity contribution is 6.10. The molecule has 0 aliphatic heterocycles. The molecule has 6 rings (SSSR count). The van der Waals surface area contributed by atoms with E-state index in [1.807, 2.05) is 27.7 Å². The third kappa shape index (κ3) is 4.29. The van der Waals surface area contributed by atoms with E-state index in [4.69, 9.17) is 0 Å². The third-order valence-electron chi connectivity index (χ3n) is 6.93. The highest BCUT2D eigenvalue weighted by Crippen LogP contribution is 2.33. The lowest BCUT2D eigenvalue weighted by Crippen LogP contribution is -2.17. The summed E-state index contributed by atoms with van der Waals surface area (Å²) in [5.41, 5.74) is 7.94. The maximum Gasteiger partial charge on any atom is 0.0492 e. The zero-order valence-electron chi connectivity index (χ0n) is 22.8. The molecule has 3 heteroatoms. The minimum atomic E-state index is 0.909. The molecule has 0 radical (unpaired) electrons. The van der Waals surface area contributed by atoms with Crippen molar-refractivity contribution in [1.82, 2.24) is 14.0 Å². The Morgan fingerprint density at radius 2 is 0.861 bits per heavy atom. The second kappa shape index (κ2) is 11.0. The highest BCUT2D eigenvalue weighted by atomic mass is 15.1. The molecule has 0 aliphatic carbocycles. The Kier molecular flexibility index (Phi) is 7.81. The highest BCUT2D eigenvalue weighted by Gasteiger charge is 2.15. The number of nitrogens with zero attached hydrogens (tertiary/aromatic N) is 3. The minimum Gasteiger partial charge on any atom is -0.344 e. The van der Waals surface area contributed by atoms with Crippen molar-refractivity contribution in [3.05, 3.63) is 96.1 Å². The van der Waals surface area contributed by atoms with Crippen LogP contribution >= 0.6 is 0 Å². The lowest BCUT2D eigenvalue weighted by molar-refractivity contribution is 0.321. The number of fused-ring (bicyclic) bond motifs is 6. The molecule has 0 saturated carbocycles. The van der Waals surface area contributed by atoms with E-state index in [-0.39, 0.29) is 0 Å². The van der Waals surface area contributed by atoms with Gasteiger partial charge in [-0.2, -0.15) is 0 Å². The molecule has 0 unspecified atom stereocenters. The van der Waals surface area contributed by atoms with E-state index in [9.17, 15) is 0 Å². The molecular weight excluding hydrogens is 438 g/mol. The summed E-state index contributed by atoms with van der Waals surface area (Å²) in [6.45, 7) is 9.82. The van der Waals surface area contributed by atoms with E-state index >= 15 is 0 Å². The fourth-order valence-corrected chi connectivity index (χ4v) is 5.47. The van der Waals surface area contributed by atoms with Crippen molar-refractivity contribution in [2.24, 2.45) is 14.1 Å². The number of aromatic nitrogens is 2. The first-order valence-electron chi connectivity index (χ1n) is 13.2. The molecule has 36 heavy (non-hydrogen) atoms. The van der Waals surface area contributed by atoms with Crippen LogP contribution in [0, 0.1) is 0 Å². The van der Waals surface area contributed by atoms with Crippen molar-refractivity contribution in [1.29, 1.82) is 0 Å². The normalized spacial score (nSPS) is 11.1. The van der Waals surface area contributed by atoms with Crippen LogP contribution in [0.15, 0.2) is 84.9 Å². The summed E-state index contributed by atoms with van der Waals surface area (Å²) < 4.78 is 4.62. The lowest BCUT2D eigenvalue weighted by Gasteiger charge is -2.18. The van der Waals surface area contributed by atoms with Crippen LogP contribution in [-0.4, -0.2) is 21.1 Å². The van der Waals surface area contributed by atoms with Gasteiger partial charge in [-0.05, 0) is 42.4 Å². The Labute approximate surface area is 215 Å². The molecule has 6 aromatic rings. The van der Waals surface area contributed by atoms with E-state index in [0.29, 0.717) is 0 Å². The van der Waals surface area contributed by atoms with Crippen molar-refractivity contribution in [3.63, 3.8) is 0 Å². The Bertz CT molecular complexity index is 1500. The predicted octanol–water partition coefficient (Wildman–Crippen LogP) is 8.66. The second-order valence-corrected chi connectivity index (χ2v) is 8.95. The average molecular weight is 478 g/mol. The van der Waals surface area contributed by atoms with Crippen molar-refractivity contribution >= 4 is 43.6 Å². The summed E-state index contributed by atoms with van der Waals surface area (Å²) in [6, 6.07) is 30.9. The van der Waals surface area contributed by atoms with E-state index < -0.39 is 0 Å². The van der Waals surface area contributed by atoms with Gasteiger partial charge in [-0.15, -0.1) is 0 Å². The first-order valence-corrected chi connectivity index (χ1v) is 13.2. The maximum atomic E-state index is 2.44. The van der Waals surface area contributed by atoms with E-state index in [2.05, 4.69) is 120 Å². The van der Waals surface area contributed by atoms with Gasteiger partial charge >= 0.3 is 0 Å². The molecule has 0 N–H and O–H groups in total. The van der Waals surface area contributed by atoms with Gasteiger partial charge in [0.15, 0.2) is 0 Å². The van der Waals surface area contributed by atoms with Crippen molar-refractivity contribution in [2.75, 3.05) is 7.05 Å². The molecule has 186 valence electrons. The number of para-hydroxylation sites is 2. The fraction of sp³-hybridized carbons (Fsp3) is 0.273. The summed E-state index contributed by atoms with van der Waals surface area (Å²) in [5, 5.41) is 5.43. The average Bonchev–Trinajstić information content (AvgIpc) is 3.39. The van der Waals surface area contributed by atoms with Gasteiger partial charge in [0.05, 0.1) is 0 Å². The molecule has 4 aromatic carbocycles. The Balaban J connectivity index is 0.000000726. The van der Waals surface area contributed by atoms with Gasteiger partial charge in [-0.1, -0.05) is 88.4 Å². The molecule has 0 saturated heterocycles. The summed E-state index contributed by atoms with van der Waals surface area (Å²) in [7, 11) is 6.56. The first kappa shape index (κ1) is 25.5. The Morgan fingerprint density at radius 3 is 1.28 bits per heavy atom. The monoisotopic (exact) mass is 477 g/mol. The minimum absolute atomic E-state index is 0.909.